The van der Waals surface area contributed by atoms with E-state index in [4.69, 9.17) is 9.47 Å². The molecule has 0 aromatic carbocycles. The molecule has 0 atom stereocenters. The van der Waals surface area contributed by atoms with Gasteiger partial charge in [-0.1, -0.05) is 0 Å². The highest BCUT2D eigenvalue weighted by Gasteiger charge is 2.18. The lowest BCUT2D eigenvalue weighted by atomic mass is 10.1. The molecule has 1 fully saturated rings. The molecule has 3 heterocycles. The lowest BCUT2D eigenvalue weighted by Crippen LogP contribution is -2.26. The van der Waals surface area contributed by atoms with E-state index in [1.807, 2.05) is 18.5 Å². The van der Waals surface area contributed by atoms with Gasteiger partial charge in [0.1, 0.15) is 10.9 Å². The molecule has 0 radical (unpaired) electrons. The smallest absolute Gasteiger partial charge is 0.227 e. The van der Waals surface area contributed by atoms with Gasteiger partial charge in [0.25, 0.3) is 0 Å². The summed E-state index contributed by atoms with van der Waals surface area (Å²) in [5.41, 5.74) is 0. The van der Waals surface area contributed by atoms with Crippen molar-refractivity contribution in [3.05, 3.63) is 11.4 Å². The molecule has 2 aromatic heterocycles. The quantitative estimate of drug-likeness (QED) is 0.922. The van der Waals surface area contributed by atoms with Crippen LogP contribution in [0.1, 0.15) is 12.8 Å². The number of hydrogen-bond acceptors (Lipinski definition) is 6. The summed E-state index contributed by atoms with van der Waals surface area (Å²) in [7, 11) is 1.81. The molecule has 6 heteroatoms. The van der Waals surface area contributed by atoms with Crippen LogP contribution in [-0.4, -0.2) is 36.3 Å². The molecule has 1 saturated heterocycles. The predicted molar refractivity (Wildman–Crippen MR) is 71.4 cm³/mol. The van der Waals surface area contributed by atoms with Crippen molar-refractivity contribution in [1.29, 1.82) is 0 Å². The van der Waals surface area contributed by atoms with Crippen LogP contribution in [0.25, 0.3) is 10.2 Å². The Hall–Kier alpha value is -1.40. The minimum absolute atomic E-state index is 0.196. The highest BCUT2D eigenvalue weighted by Crippen LogP contribution is 2.29. The predicted octanol–water partition coefficient (Wildman–Crippen LogP) is 2.29. The maximum absolute atomic E-state index is 6.00. The van der Waals surface area contributed by atoms with Crippen LogP contribution in [0.3, 0.4) is 0 Å². The first-order chi connectivity index (χ1) is 8.86. The van der Waals surface area contributed by atoms with Crippen LogP contribution in [0.15, 0.2) is 11.4 Å². The van der Waals surface area contributed by atoms with Gasteiger partial charge in [0.2, 0.25) is 11.8 Å². The molecule has 1 aliphatic rings. The van der Waals surface area contributed by atoms with Gasteiger partial charge < -0.3 is 14.8 Å². The van der Waals surface area contributed by atoms with Crippen molar-refractivity contribution in [2.24, 2.45) is 0 Å². The number of hydrogen-bond donors (Lipinski definition) is 1. The van der Waals surface area contributed by atoms with E-state index in [0.717, 1.165) is 36.3 Å². The summed E-state index contributed by atoms with van der Waals surface area (Å²) in [6.45, 7) is 1.53. The Bertz CT molecular complexity index is 537. The van der Waals surface area contributed by atoms with Crippen molar-refractivity contribution in [3.63, 3.8) is 0 Å². The molecule has 5 nitrogen and oxygen atoms in total. The molecule has 1 aliphatic heterocycles. The van der Waals surface area contributed by atoms with E-state index in [-0.39, 0.29) is 6.10 Å². The molecular weight excluding hydrogens is 250 g/mol. The maximum atomic E-state index is 6.00. The summed E-state index contributed by atoms with van der Waals surface area (Å²) in [6.07, 6.45) is 2.04. The molecule has 0 spiro atoms. The molecule has 0 unspecified atom stereocenters. The Morgan fingerprint density at radius 2 is 2.22 bits per heavy atom. The zero-order valence-electron chi connectivity index (χ0n) is 10.2. The van der Waals surface area contributed by atoms with E-state index in [9.17, 15) is 0 Å². The zero-order chi connectivity index (χ0) is 12.4. The van der Waals surface area contributed by atoms with E-state index in [1.165, 1.54) is 0 Å². The lowest BCUT2D eigenvalue weighted by Gasteiger charge is -2.23. The minimum Gasteiger partial charge on any atom is -0.474 e. The summed E-state index contributed by atoms with van der Waals surface area (Å²) in [5, 5.41) is 5.97. The second kappa shape index (κ2) is 5.07. The average molecular weight is 265 g/mol. The monoisotopic (exact) mass is 265 g/mol. The molecule has 0 bridgehead atoms. The summed E-state index contributed by atoms with van der Waals surface area (Å²) >= 11 is 1.60. The van der Waals surface area contributed by atoms with Gasteiger partial charge >= 0.3 is 0 Å². The second-order valence-corrected chi connectivity index (χ2v) is 5.07. The Kier molecular flexibility index (Phi) is 3.29. The van der Waals surface area contributed by atoms with Crippen LogP contribution in [-0.2, 0) is 4.74 Å². The third kappa shape index (κ3) is 2.26. The normalized spacial score (nSPS) is 16.9. The molecule has 0 aliphatic carbocycles. The van der Waals surface area contributed by atoms with E-state index >= 15 is 0 Å². The molecule has 0 saturated carbocycles. The molecule has 0 amide bonds. The van der Waals surface area contributed by atoms with Gasteiger partial charge in [-0.2, -0.15) is 4.98 Å². The first-order valence-corrected chi connectivity index (χ1v) is 6.92. The van der Waals surface area contributed by atoms with Gasteiger partial charge in [0.05, 0.1) is 18.6 Å². The second-order valence-electron chi connectivity index (χ2n) is 4.17. The highest BCUT2D eigenvalue weighted by molar-refractivity contribution is 7.16. The molecule has 1 N–H and O–H groups in total. The largest absolute Gasteiger partial charge is 0.474 e. The molecule has 2 aromatic rings. The first kappa shape index (κ1) is 11.7. The first-order valence-electron chi connectivity index (χ1n) is 6.04. The van der Waals surface area contributed by atoms with E-state index in [0.29, 0.717) is 11.8 Å². The van der Waals surface area contributed by atoms with E-state index in [1.54, 1.807) is 11.3 Å². The van der Waals surface area contributed by atoms with Gasteiger partial charge in [-0.15, -0.1) is 11.3 Å². The molecule has 96 valence electrons. The number of rotatable bonds is 3. The van der Waals surface area contributed by atoms with Crippen LogP contribution in [0, 0.1) is 0 Å². The fourth-order valence-electron chi connectivity index (χ4n) is 1.98. The number of thiophene rings is 1. The Morgan fingerprint density at radius 3 is 3.00 bits per heavy atom. The van der Waals surface area contributed by atoms with Gasteiger partial charge in [-0.25, -0.2) is 4.98 Å². The van der Waals surface area contributed by atoms with E-state index < -0.39 is 0 Å². The standard InChI is InChI=1S/C12H15N3O2S/c1-13-12-14-10(9-4-7-18-11(9)15-12)17-8-2-5-16-6-3-8/h4,7-8H,2-3,5-6H2,1H3,(H,13,14,15). The van der Waals surface area contributed by atoms with Crippen LogP contribution in [0.4, 0.5) is 5.95 Å². The SMILES string of the molecule is CNc1nc(OC2CCOCC2)c2ccsc2n1. The topological polar surface area (TPSA) is 56.3 Å². The number of ether oxygens (including phenoxy) is 2. The van der Waals surface area contributed by atoms with Crippen molar-refractivity contribution < 1.29 is 9.47 Å². The minimum atomic E-state index is 0.196. The third-order valence-electron chi connectivity index (χ3n) is 2.96. The number of anilines is 1. The van der Waals surface area contributed by atoms with Gasteiger partial charge in [0.15, 0.2) is 0 Å². The van der Waals surface area contributed by atoms with Crippen molar-refractivity contribution in [1.82, 2.24) is 9.97 Å². The Balaban J connectivity index is 1.91. The third-order valence-corrected chi connectivity index (χ3v) is 3.77. The zero-order valence-corrected chi connectivity index (χ0v) is 11.0. The van der Waals surface area contributed by atoms with Gasteiger partial charge in [0, 0.05) is 19.9 Å². The number of nitrogens with one attached hydrogen (secondary N) is 1. The van der Waals surface area contributed by atoms with Gasteiger partial charge in [-0.05, 0) is 11.4 Å². The van der Waals surface area contributed by atoms with Crippen molar-refractivity contribution in [2.45, 2.75) is 18.9 Å². The summed E-state index contributed by atoms with van der Waals surface area (Å²) < 4.78 is 11.3. The van der Waals surface area contributed by atoms with Crippen molar-refractivity contribution in [2.75, 3.05) is 25.6 Å². The van der Waals surface area contributed by atoms with Crippen LogP contribution in [0.5, 0.6) is 5.88 Å². The Labute approximate surface area is 109 Å². The average Bonchev–Trinajstić information content (AvgIpc) is 2.88. The van der Waals surface area contributed by atoms with Crippen LogP contribution < -0.4 is 10.1 Å². The lowest BCUT2D eigenvalue weighted by molar-refractivity contribution is 0.0244. The van der Waals surface area contributed by atoms with Crippen LogP contribution in [0.2, 0.25) is 0 Å². The molecule has 18 heavy (non-hydrogen) atoms. The number of fused-ring (bicyclic) bond motifs is 1. The number of nitrogens with zero attached hydrogens (tertiary/aromatic N) is 2. The fourth-order valence-corrected chi connectivity index (χ4v) is 2.74. The Morgan fingerprint density at radius 1 is 1.39 bits per heavy atom. The summed E-state index contributed by atoms with van der Waals surface area (Å²) in [5.74, 6) is 1.28. The van der Waals surface area contributed by atoms with Crippen molar-refractivity contribution >= 4 is 27.5 Å². The molecular formula is C12H15N3O2S. The van der Waals surface area contributed by atoms with Crippen molar-refractivity contribution in [3.8, 4) is 5.88 Å². The summed E-state index contributed by atoms with van der Waals surface area (Å²) in [4.78, 5) is 9.76. The molecule has 3 rings (SSSR count). The van der Waals surface area contributed by atoms with Gasteiger partial charge in [-0.3, -0.25) is 0 Å². The maximum Gasteiger partial charge on any atom is 0.227 e. The fraction of sp³-hybridized carbons (Fsp3) is 0.500. The van der Waals surface area contributed by atoms with E-state index in [2.05, 4.69) is 15.3 Å². The number of aromatic nitrogens is 2. The summed E-state index contributed by atoms with van der Waals surface area (Å²) in [6, 6.07) is 2.01. The highest BCUT2D eigenvalue weighted by atomic mass is 32.1. The van der Waals surface area contributed by atoms with Crippen LogP contribution >= 0.6 is 11.3 Å².